The molecule has 0 unspecified atom stereocenters. The molecule has 86 valence electrons. The summed E-state index contributed by atoms with van der Waals surface area (Å²) in [4.78, 5) is 23.0. The SMILES string of the molecule is NC(=O)C(=O)c1ccc(-c2ccc(Cl)s2)cc1. The summed E-state index contributed by atoms with van der Waals surface area (Å²) in [6.45, 7) is 0. The van der Waals surface area contributed by atoms with Crippen LogP contribution in [-0.4, -0.2) is 11.7 Å². The lowest BCUT2D eigenvalue weighted by molar-refractivity contribution is -0.114. The summed E-state index contributed by atoms with van der Waals surface area (Å²) in [6.07, 6.45) is 0. The molecule has 0 aliphatic rings. The molecule has 0 saturated carbocycles. The molecule has 0 aliphatic carbocycles. The van der Waals surface area contributed by atoms with Gasteiger partial charge in [0.1, 0.15) is 0 Å². The monoisotopic (exact) mass is 265 g/mol. The van der Waals surface area contributed by atoms with Crippen LogP contribution in [-0.2, 0) is 4.79 Å². The zero-order chi connectivity index (χ0) is 12.4. The first-order valence-corrected chi connectivity index (χ1v) is 5.97. The first kappa shape index (κ1) is 11.8. The summed E-state index contributed by atoms with van der Waals surface area (Å²) in [5, 5.41) is 0. The number of halogens is 1. The summed E-state index contributed by atoms with van der Waals surface area (Å²) in [6, 6.07) is 10.4. The van der Waals surface area contributed by atoms with Crippen molar-refractivity contribution in [2.75, 3.05) is 0 Å². The number of carbonyl (C=O) groups excluding carboxylic acids is 2. The van der Waals surface area contributed by atoms with Crippen LogP contribution in [0.4, 0.5) is 0 Å². The number of rotatable bonds is 3. The standard InChI is InChI=1S/C12H8ClNO2S/c13-10-6-5-9(17-10)7-1-3-8(4-2-7)11(15)12(14)16/h1-6H,(H2,14,16). The molecule has 0 fully saturated rings. The second-order valence-electron chi connectivity index (χ2n) is 3.37. The van der Waals surface area contributed by atoms with Crippen LogP contribution in [0.2, 0.25) is 4.34 Å². The van der Waals surface area contributed by atoms with Crippen LogP contribution in [0, 0.1) is 0 Å². The summed E-state index contributed by atoms with van der Waals surface area (Å²) in [7, 11) is 0. The second-order valence-corrected chi connectivity index (χ2v) is 5.09. The molecule has 2 rings (SSSR count). The Bertz CT molecular complexity index is 574. The van der Waals surface area contributed by atoms with Crippen LogP contribution in [0.5, 0.6) is 0 Å². The summed E-state index contributed by atoms with van der Waals surface area (Å²) < 4.78 is 0.706. The summed E-state index contributed by atoms with van der Waals surface area (Å²) in [5.74, 6) is -1.63. The van der Waals surface area contributed by atoms with Gasteiger partial charge >= 0.3 is 0 Å². The molecule has 0 atom stereocenters. The number of Topliss-reactive ketones (excluding diaryl/α,β-unsaturated/α-hetero) is 1. The Balaban J connectivity index is 2.30. The van der Waals surface area contributed by atoms with E-state index in [0.717, 1.165) is 10.4 Å². The lowest BCUT2D eigenvalue weighted by Crippen LogP contribution is -2.22. The van der Waals surface area contributed by atoms with Gasteiger partial charge in [0.15, 0.2) is 0 Å². The van der Waals surface area contributed by atoms with Gasteiger partial charge < -0.3 is 5.73 Å². The van der Waals surface area contributed by atoms with Crippen LogP contribution < -0.4 is 5.73 Å². The average molecular weight is 266 g/mol. The molecule has 17 heavy (non-hydrogen) atoms. The van der Waals surface area contributed by atoms with Crippen molar-refractivity contribution in [2.45, 2.75) is 0 Å². The molecule has 0 radical (unpaired) electrons. The number of benzene rings is 1. The minimum Gasteiger partial charge on any atom is -0.363 e. The molecule has 1 aromatic carbocycles. The van der Waals surface area contributed by atoms with Crippen LogP contribution in [0.1, 0.15) is 10.4 Å². The van der Waals surface area contributed by atoms with E-state index in [9.17, 15) is 9.59 Å². The Hall–Kier alpha value is -1.65. The van der Waals surface area contributed by atoms with Gasteiger partial charge in [-0.3, -0.25) is 9.59 Å². The van der Waals surface area contributed by atoms with E-state index in [1.54, 1.807) is 24.3 Å². The first-order chi connectivity index (χ1) is 8.08. The van der Waals surface area contributed by atoms with E-state index in [4.69, 9.17) is 17.3 Å². The van der Waals surface area contributed by atoms with Gasteiger partial charge in [-0.15, -0.1) is 11.3 Å². The van der Waals surface area contributed by atoms with Gasteiger partial charge in [0.05, 0.1) is 4.34 Å². The van der Waals surface area contributed by atoms with E-state index >= 15 is 0 Å². The number of hydrogen-bond donors (Lipinski definition) is 1. The number of primary amides is 1. The maximum absolute atomic E-state index is 11.3. The van der Waals surface area contributed by atoms with Gasteiger partial charge in [-0.05, 0) is 17.7 Å². The van der Waals surface area contributed by atoms with Crippen molar-refractivity contribution >= 4 is 34.6 Å². The number of hydrogen-bond acceptors (Lipinski definition) is 3. The number of carbonyl (C=O) groups is 2. The van der Waals surface area contributed by atoms with Crippen molar-refractivity contribution in [3.05, 3.63) is 46.3 Å². The molecule has 0 bridgehead atoms. The largest absolute Gasteiger partial charge is 0.363 e. The van der Waals surface area contributed by atoms with E-state index in [1.807, 2.05) is 12.1 Å². The molecule has 3 nitrogen and oxygen atoms in total. The Morgan fingerprint density at radius 2 is 1.71 bits per heavy atom. The molecular weight excluding hydrogens is 258 g/mol. The van der Waals surface area contributed by atoms with Crippen LogP contribution in [0.25, 0.3) is 10.4 Å². The predicted molar refractivity (Wildman–Crippen MR) is 68.3 cm³/mol. The molecule has 0 aliphatic heterocycles. The molecule has 2 aromatic rings. The maximum Gasteiger partial charge on any atom is 0.289 e. The summed E-state index contributed by atoms with van der Waals surface area (Å²) in [5.41, 5.74) is 6.16. The highest BCUT2D eigenvalue weighted by Gasteiger charge is 2.12. The lowest BCUT2D eigenvalue weighted by atomic mass is 10.1. The van der Waals surface area contributed by atoms with Gasteiger partial charge in [-0.2, -0.15) is 0 Å². The third-order valence-electron chi connectivity index (χ3n) is 2.23. The second kappa shape index (κ2) is 4.69. The Kier molecular flexibility index (Phi) is 3.26. The highest BCUT2D eigenvalue weighted by atomic mass is 35.5. The van der Waals surface area contributed by atoms with Gasteiger partial charge in [0, 0.05) is 10.4 Å². The van der Waals surface area contributed by atoms with Crippen molar-refractivity contribution in [2.24, 2.45) is 5.73 Å². The first-order valence-electron chi connectivity index (χ1n) is 4.78. The van der Waals surface area contributed by atoms with E-state index in [2.05, 4.69) is 0 Å². The van der Waals surface area contributed by atoms with E-state index in [-0.39, 0.29) is 0 Å². The molecule has 2 N–H and O–H groups in total. The highest BCUT2D eigenvalue weighted by Crippen LogP contribution is 2.30. The fraction of sp³-hybridized carbons (Fsp3) is 0. The highest BCUT2D eigenvalue weighted by molar-refractivity contribution is 7.19. The molecule has 5 heteroatoms. The van der Waals surface area contributed by atoms with Crippen molar-refractivity contribution in [1.82, 2.24) is 0 Å². The quantitative estimate of drug-likeness (QED) is 0.685. The minimum absolute atomic E-state index is 0.295. The summed E-state index contributed by atoms with van der Waals surface area (Å²) >= 11 is 7.29. The van der Waals surface area contributed by atoms with E-state index < -0.39 is 11.7 Å². The van der Waals surface area contributed by atoms with Gasteiger partial charge in [0.2, 0.25) is 5.78 Å². The molecule has 1 amide bonds. The van der Waals surface area contributed by atoms with Crippen molar-refractivity contribution in [3.63, 3.8) is 0 Å². The van der Waals surface area contributed by atoms with E-state index in [0.29, 0.717) is 9.90 Å². The Morgan fingerprint density at radius 1 is 1.06 bits per heavy atom. The molecule has 0 saturated heterocycles. The number of thiophene rings is 1. The third kappa shape index (κ3) is 2.54. The molecular formula is C12H8ClNO2S. The zero-order valence-corrected chi connectivity index (χ0v) is 10.2. The topological polar surface area (TPSA) is 60.2 Å². The van der Waals surface area contributed by atoms with Crippen molar-refractivity contribution in [3.8, 4) is 10.4 Å². The van der Waals surface area contributed by atoms with Gasteiger partial charge in [0.25, 0.3) is 5.91 Å². The van der Waals surface area contributed by atoms with Gasteiger partial charge in [-0.25, -0.2) is 0 Å². The van der Waals surface area contributed by atoms with Crippen LogP contribution in [0.15, 0.2) is 36.4 Å². The maximum atomic E-state index is 11.3. The zero-order valence-electron chi connectivity index (χ0n) is 8.64. The number of amides is 1. The lowest BCUT2D eigenvalue weighted by Gasteiger charge is -1.99. The molecule has 1 aromatic heterocycles. The Labute approximate surface area is 107 Å². The van der Waals surface area contributed by atoms with Crippen molar-refractivity contribution < 1.29 is 9.59 Å². The van der Waals surface area contributed by atoms with Crippen molar-refractivity contribution in [1.29, 1.82) is 0 Å². The third-order valence-corrected chi connectivity index (χ3v) is 3.51. The smallest absolute Gasteiger partial charge is 0.289 e. The fourth-order valence-corrected chi connectivity index (χ4v) is 2.45. The Morgan fingerprint density at radius 3 is 2.18 bits per heavy atom. The number of ketones is 1. The minimum atomic E-state index is -0.947. The van der Waals surface area contributed by atoms with Crippen LogP contribution >= 0.6 is 22.9 Å². The van der Waals surface area contributed by atoms with Gasteiger partial charge in [-0.1, -0.05) is 35.9 Å². The molecule has 1 heterocycles. The predicted octanol–water partition coefficient (Wildman–Crippen LogP) is 2.74. The fourth-order valence-electron chi connectivity index (χ4n) is 1.40. The normalized spacial score (nSPS) is 10.2. The average Bonchev–Trinajstić information content (AvgIpc) is 2.75. The van der Waals surface area contributed by atoms with Crippen LogP contribution in [0.3, 0.4) is 0 Å². The number of nitrogens with two attached hydrogens (primary N) is 1. The molecule has 0 spiro atoms. The van der Waals surface area contributed by atoms with E-state index in [1.165, 1.54) is 11.3 Å².